The molecule has 152 valence electrons. The molecule has 7 nitrogen and oxygen atoms in total. The van der Waals surface area contributed by atoms with Crippen LogP contribution in [-0.4, -0.2) is 35.0 Å². The van der Waals surface area contributed by atoms with E-state index < -0.39 is 11.9 Å². The number of anilines is 1. The van der Waals surface area contributed by atoms with Crippen molar-refractivity contribution in [3.8, 4) is 0 Å². The zero-order chi connectivity index (χ0) is 20.8. The topological polar surface area (TPSA) is 88.3 Å². The van der Waals surface area contributed by atoms with E-state index in [-0.39, 0.29) is 23.4 Å². The van der Waals surface area contributed by atoms with Crippen molar-refractivity contribution < 1.29 is 14.1 Å². The zero-order valence-corrected chi connectivity index (χ0v) is 16.8. The van der Waals surface area contributed by atoms with Gasteiger partial charge in [-0.25, -0.2) is 4.98 Å². The Morgan fingerprint density at radius 2 is 2.00 bits per heavy atom. The number of hydrogen-bond donors (Lipinski definition) is 1. The van der Waals surface area contributed by atoms with Crippen LogP contribution in [0.2, 0.25) is 0 Å². The molecular formula is C23H22N4O3. The van der Waals surface area contributed by atoms with E-state index in [4.69, 9.17) is 4.52 Å². The molecule has 1 aliphatic heterocycles. The van der Waals surface area contributed by atoms with Crippen molar-refractivity contribution in [2.45, 2.75) is 25.3 Å². The SMILES string of the molecule is C[C@H]1[C@H]2c3cccnc3N(C)C(=O)[C@@H](NC(=O)c3cc(Cc4ccccc4)on3)[C@@H]12. The number of carbonyl (C=O) groups excluding carboxylic acids is 2. The average Bonchev–Trinajstić information content (AvgIpc) is 3.21. The van der Waals surface area contributed by atoms with Crippen LogP contribution in [0.3, 0.4) is 0 Å². The minimum absolute atomic E-state index is 0.0463. The van der Waals surface area contributed by atoms with E-state index in [1.165, 1.54) is 0 Å². The summed E-state index contributed by atoms with van der Waals surface area (Å²) in [5.41, 5.74) is 2.32. The molecule has 1 aliphatic carbocycles. The summed E-state index contributed by atoms with van der Waals surface area (Å²) in [6, 6.07) is 14.8. The molecular weight excluding hydrogens is 380 g/mol. The number of fused-ring (bicyclic) bond motifs is 3. The lowest BCUT2D eigenvalue weighted by Crippen LogP contribution is -2.49. The standard InChI is InChI=1S/C23H22N4O3/c1-13-18-16-9-6-10-24-21(16)27(2)23(29)20(19(13)18)25-22(28)17-12-15(30-26-17)11-14-7-4-3-5-8-14/h3-10,12-13,18-20H,11H2,1-2H3,(H,25,28)/t13-,18-,19-,20-/m0/s1. The third kappa shape index (κ3) is 3.07. The zero-order valence-electron chi connectivity index (χ0n) is 16.8. The van der Waals surface area contributed by atoms with Crippen molar-refractivity contribution >= 4 is 17.6 Å². The second-order valence-corrected chi connectivity index (χ2v) is 8.07. The molecule has 30 heavy (non-hydrogen) atoms. The number of rotatable bonds is 4. The molecule has 0 bridgehead atoms. The maximum absolute atomic E-state index is 13.1. The summed E-state index contributed by atoms with van der Waals surface area (Å²) in [6.07, 6.45) is 2.24. The first-order chi connectivity index (χ1) is 14.5. The highest BCUT2D eigenvalue weighted by Crippen LogP contribution is 2.58. The highest BCUT2D eigenvalue weighted by atomic mass is 16.5. The van der Waals surface area contributed by atoms with E-state index in [1.54, 1.807) is 24.2 Å². The molecule has 1 N–H and O–H groups in total. The molecule has 1 aromatic carbocycles. The van der Waals surface area contributed by atoms with Gasteiger partial charge in [-0.1, -0.05) is 48.5 Å². The Labute approximate surface area is 174 Å². The number of likely N-dealkylation sites (N-methyl/N-ethyl adjacent to an activating group) is 1. The molecule has 1 fully saturated rings. The lowest BCUT2D eigenvalue weighted by Gasteiger charge is -2.23. The molecule has 7 heteroatoms. The Morgan fingerprint density at radius 3 is 2.80 bits per heavy atom. The van der Waals surface area contributed by atoms with Crippen LogP contribution in [0.5, 0.6) is 0 Å². The average molecular weight is 402 g/mol. The minimum atomic E-state index is -0.619. The predicted octanol–water partition coefficient (Wildman–Crippen LogP) is 2.78. The normalized spacial score (nSPS) is 24.6. The number of pyridine rings is 1. The highest BCUT2D eigenvalue weighted by Gasteiger charge is 2.58. The van der Waals surface area contributed by atoms with Gasteiger partial charge in [-0.15, -0.1) is 0 Å². The molecule has 5 rings (SSSR count). The van der Waals surface area contributed by atoms with Gasteiger partial charge in [-0.2, -0.15) is 0 Å². The quantitative estimate of drug-likeness (QED) is 0.725. The summed E-state index contributed by atoms with van der Waals surface area (Å²) < 4.78 is 5.34. The van der Waals surface area contributed by atoms with E-state index in [1.807, 2.05) is 42.5 Å². The molecule has 0 radical (unpaired) electrons. The molecule has 4 atom stereocenters. The first-order valence-electron chi connectivity index (χ1n) is 10.1. The Kier molecular flexibility index (Phi) is 4.38. The lowest BCUT2D eigenvalue weighted by atomic mass is 10.1. The summed E-state index contributed by atoms with van der Waals surface area (Å²) in [7, 11) is 1.71. The Hall–Kier alpha value is -3.48. The first kappa shape index (κ1) is 18.5. The second-order valence-electron chi connectivity index (χ2n) is 8.07. The molecule has 2 aliphatic rings. The predicted molar refractivity (Wildman–Crippen MR) is 110 cm³/mol. The molecule has 3 heterocycles. The third-order valence-electron chi connectivity index (χ3n) is 6.22. The summed E-state index contributed by atoms with van der Waals surface area (Å²) in [6.45, 7) is 2.11. The summed E-state index contributed by atoms with van der Waals surface area (Å²) in [5, 5.41) is 6.83. The maximum atomic E-state index is 13.1. The van der Waals surface area contributed by atoms with Crippen molar-refractivity contribution in [1.82, 2.24) is 15.5 Å². The van der Waals surface area contributed by atoms with Crippen molar-refractivity contribution in [3.63, 3.8) is 0 Å². The molecule has 2 aromatic heterocycles. The second kappa shape index (κ2) is 7.09. The van der Waals surface area contributed by atoms with Crippen molar-refractivity contribution in [3.05, 3.63) is 77.3 Å². The number of nitrogens with one attached hydrogen (secondary N) is 1. The molecule has 2 amide bonds. The fourth-order valence-corrected chi connectivity index (χ4v) is 4.60. The summed E-state index contributed by atoms with van der Waals surface area (Å²) >= 11 is 0. The molecule has 0 spiro atoms. The number of nitrogens with zero attached hydrogens (tertiary/aromatic N) is 3. The Morgan fingerprint density at radius 1 is 1.20 bits per heavy atom. The highest BCUT2D eigenvalue weighted by molar-refractivity contribution is 6.02. The molecule has 0 saturated heterocycles. The van der Waals surface area contributed by atoms with Crippen LogP contribution in [0.25, 0.3) is 0 Å². The van der Waals surface area contributed by atoms with Crippen LogP contribution < -0.4 is 10.2 Å². The van der Waals surface area contributed by atoms with Gasteiger partial charge in [0.1, 0.15) is 17.6 Å². The van der Waals surface area contributed by atoms with Gasteiger partial charge in [0, 0.05) is 25.7 Å². The van der Waals surface area contributed by atoms with Gasteiger partial charge in [0.15, 0.2) is 5.69 Å². The van der Waals surface area contributed by atoms with Crippen molar-refractivity contribution in [2.24, 2.45) is 11.8 Å². The van der Waals surface area contributed by atoms with Gasteiger partial charge in [0.05, 0.1) is 0 Å². The van der Waals surface area contributed by atoms with Crippen LogP contribution in [0.1, 0.15) is 40.2 Å². The molecule has 3 aromatic rings. The first-order valence-corrected chi connectivity index (χ1v) is 10.1. The van der Waals surface area contributed by atoms with E-state index in [0.29, 0.717) is 23.9 Å². The number of hydrogen-bond acceptors (Lipinski definition) is 5. The van der Waals surface area contributed by atoms with Gasteiger partial charge < -0.3 is 9.84 Å². The number of benzene rings is 1. The number of carbonyl (C=O) groups is 2. The van der Waals surface area contributed by atoms with Gasteiger partial charge >= 0.3 is 0 Å². The molecule has 0 unspecified atom stereocenters. The lowest BCUT2D eigenvalue weighted by molar-refractivity contribution is -0.120. The van der Waals surface area contributed by atoms with E-state index in [9.17, 15) is 9.59 Å². The maximum Gasteiger partial charge on any atom is 0.274 e. The smallest absolute Gasteiger partial charge is 0.274 e. The Bertz CT molecular complexity index is 1110. The largest absolute Gasteiger partial charge is 0.360 e. The minimum Gasteiger partial charge on any atom is -0.360 e. The summed E-state index contributed by atoms with van der Waals surface area (Å²) in [4.78, 5) is 31.9. The van der Waals surface area contributed by atoms with Crippen molar-refractivity contribution in [1.29, 1.82) is 0 Å². The third-order valence-corrected chi connectivity index (χ3v) is 6.22. The van der Waals surface area contributed by atoms with E-state index in [0.717, 1.165) is 11.1 Å². The van der Waals surface area contributed by atoms with Crippen LogP contribution in [0.15, 0.2) is 59.3 Å². The Balaban J connectivity index is 1.35. The van der Waals surface area contributed by atoms with E-state index in [2.05, 4.69) is 22.4 Å². The van der Waals surface area contributed by atoms with Crippen LogP contribution >= 0.6 is 0 Å². The van der Waals surface area contributed by atoms with Crippen LogP contribution in [0, 0.1) is 11.8 Å². The fraction of sp³-hybridized carbons (Fsp3) is 0.304. The van der Waals surface area contributed by atoms with E-state index >= 15 is 0 Å². The van der Waals surface area contributed by atoms with Gasteiger partial charge in [0.25, 0.3) is 11.8 Å². The van der Waals surface area contributed by atoms with Gasteiger partial charge in [0.2, 0.25) is 0 Å². The van der Waals surface area contributed by atoms with Crippen molar-refractivity contribution in [2.75, 3.05) is 11.9 Å². The molecule has 1 saturated carbocycles. The monoisotopic (exact) mass is 402 g/mol. The fourth-order valence-electron chi connectivity index (χ4n) is 4.60. The number of amides is 2. The van der Waals surface area contributed by atoms with Gasteiger partial charge in [-0.3, -0.25) is 14.5 Å². The number of aromatic nitrogens is 2. The van der Waals surface area contributed by atoms with Gasteiger partial charge in [-0.05, 0) is 34.9 Å². The summed E-state index contributed by atoms with van der Waals surface area (Å²) in [5.74, 6) is 1.26. The van der Waals surface area contributed by atoms with Crippen LogP contribution in [0.4, 0.5) is 5.82 Å². The van der Waals surface area contributed by atoms with Crippen LogP contribution in [-0.2, 0) is 11.2 Å².